The van der Waals surface area contributed by atoms with Gasteiger partial charge in [0.15, 0.2) is 5.13 Å². The molecule has 1 atom stereocenters. The molecule has 1 unspecified atom stereocenters. The minimum absolute atomic E-state index is 0.0302. The molecule has 1 amide bonds. The summed E-state index contributed by atoms with van der Waals surface area (Å²) in [4.78, 5) is 21.2. The number of amides is 1. The number of alkyl halides is 1. The normalized spacial score (nSPS) is 21.5. The van der Waals surface area contributed by atoms with E-state index in [0.717, 1.165) is 0 Å². The van der Waals surface area contributed by atoms with Crippen molar-refractivity contribution >= 4 is 28.2 Å². The molecule has 0 aliphatic carbocycles. The number of carbonyl (C=O) groups is 1. The van der Waals surface area contributed by atoms with Crippen molar-refractivity contribution in [2.45, 2.75) is 12.1 Å². The zero-order valence-corrected chi connectivity index (χ0v) is 11.7. The maximum Gasteiger partial charge on any atom is 0.265 e. The van der Waals surface area contributed by atoms with E-state index in [9.17, 15) is 13.6 Å². The third-order valence-corrected chi connectivity index (χ3v) is 3.99. The number of nitrogens with zero attached hydrogens (tertiary/aromatic N) is 3. The van der Waals surface area contributed by atoms with Gasteiger partial charge in [-0.1, -0.05) is 6.07 Å². The standard InChI is InChI=1S/C13H12F2N4OS/c14-9-2-1-3-10(17-9)19-6-4-13(15,8-19)11(20)18-12-16-5-7-21-12/h1-3,5,7H,4,6,8H2,(H,16,18,20). The summed E-state index contributed by atoms with van der Waals surface area (Å²) in [7, 11) is 0. The van der Waals surface area contributed by atoms with Gasteiger partial charge in [-0.2, -0.15) is 4.39 Å². The second-order valence-corrected chi connectivity index (χ2v) is 5.64. The van der Waals surface area contributed by atoms with Crippen molar-refractivity contribution in [3.05, 3.63) is 35.7 Å². The molecule has 2 aromatic heterocycles. The molecular weight excluding hydrogens is 298 g/mol. The summed E-state index contributed by atoms with van der Waals surface area (Å²) in [6.07, 6.45) is 1.56. The van der Waals surface area contributed by atoms with Gasteiger partial charge in [-0.05, 0) is 12.1 Å². The summed E-state index contributed by atoms with van der Waals surface area (Å²) in [5.41, 5.74) is -2.03. The van der Waals surface area contributed by atoms with Crippen molar-refractivity contribution in [3.63, 3.8) is 0 Å². The Morgan fingerprint density at radius 3 is 3.05 bits per heavy atom. The van der Waals surface area contributed by atoms with Crippen molar-refractivity contribution in [2.24, 2.45) is 0 Å². The fourth-order valence-corrected chi connectivity index (χ4v) is 2.75. The molecule has 0 radical (unpaired) electrons. The summed E-state index contributed by atoms with van der Waals surface area (Å²) in [5, 5.41) is 4.51. The molecule has 1 N–H and O–H groups in total. The van der Waals surface area contributed by atoms with Crippen LogP contribution in [0.25, 0.3) is 0 Å². The highest BCUT2D eigenvalue weighted by Crippen LogP contribution is 2.30. The number of anilines is 2. The Balaban J connectivity index is 1.71. The molecule has 0 saturated carbocycles. The lowest BCUT2D eigenvalue weighted by atomic mass is 10.1. The minimum atomic E-state index is -2.03. The molecule has 21 heavy (non-hydrogen) atoms. The summed E-state index contributed by atoms with van der Waals surface area (Å²) in [6.45, 7) is 0.152. The molecule has 3 heterocycles. The first-order chi connectivity index (χ1) is 10.1. The maximum absolute atomic E-state index is 14.7. The van der Waals surface area contributed by atoms with Crippen molar-refractivity contribution in [3.8, 4) is 0 Å². The number of rotatable bonds is 3. The molecule has 0 spiro atoms. The van der Waals surface area contributed by atoms with E-state index in [4.69, 9.17) is 0 Å². The molecular formula is C13H12F2N4OS. The molecule has 3 rings (SSSR count). The van der Waals surface area contributed by atoms with Crippen molar-refractivity contribution in [1.29, 1.82) is 0 Å². The zero-order valence-electron chi connectivity index (χ0n) is 10.9. The second-order valence-electron chi connectivity index (χ2n) is 4.75. The highest BCUT2D eigenvalue weighted by Gasteiger charge is 2.45. The molecule has 5 nitrogen and oxygen atoms in total. The number of hydrogen-bond acceptors (Lipinski definition) is 5. The highest BCUT2D eigenvalue weighted by atomic mass is 32.1. The topological polar surface area (TPSA) is 58.1 Å². The van der Waals surface area contributed by atoms with Crippen LogP contribution in [0.1, 0.15) is 6.42 Å². The SMILES string of the molecule is O=C(Nc1nccs1)C1(F)CCN(c2cccc(F)n2)C1. The Morgan fingerprint density at radius 1 is 1.48 bits per heavy atom. The van der Waals surface area contributed by atoms with Crippen molar-refractivity contribution in [1.82, 2.24) is 9.97 Å². The highest BCUT2D eigenvalue weighted by molar-refractivity contribution is 7.13. The number of hydrogen-bond donors (Lipinski definition) is 1. The molecule has 110 valence electrons. The first-order valence-corrected chi connectivity index (χ1v) is 7.22. The minimum Gasteiger partial charge on any atom is -0.353 e. The summed E-state index contributed by atoms with van der Waals surface area (Å²) >= 11 is 1.22. The Kier molecular flexibility index (Phi) is 3.54. The third kappa shape index (κ3) is 2.85. The van der Waals surface area contributed by atoms with E-state index in [-0.39, 0.29) is 13.0 Å². The summed E-state index contributed by atoms with van der Waals surface area (Å²) in [6, 6.07) is 4.32. The first-order valence-electron chi connectivity index (χ1n) is 6.34. The molecule has 1 aliphatic heterocycles. The van der Waals surface area contributed by atoms with E-state index < -0.39 is 17.5 Å². The lowest BCUT2D eigenvalue weighted by Crippen LogP contribution is -2.41. The number of thiazole rings is 1. The van der Waals surface area contributed by atoms with Crippen LogP contribution in [-0.2, 0) is 4.79 Å². The summed E-state index contributed by atoms with van der Waals surface area (Å²) < 4.78 is 27.8. The largest absolute Gasteiger partial charge is 0.353 e. The summed E-state index contributed by atoms with van der Waals surface area (Å²) in [5.74, 6) is -1.02. The average Bonchev–Trinajstić information content (AvgIpc) is 3.09. The van der Waals surface area contributed by atoms with Gasteiger partial charge in [-0.15, -0.1) is 11.3 Å². The third-order valence-electron chi connectivity index (χ3n) is 3.30. The molecule has 2 aromatic rings. The number of nitrogens with one attached hydrogen (secondary N) is 1. The fourth-order valence-electron chi connectivity index (χ4n) is 2.22. The van der Waals surface area contributed by atoms with Crippen LogP contribution in [-0.4, -0.2) is 34.6 Å². The Morgan fingerprint density at radius 2 is 2.33 bits per heavy atom. The van der Waals surface area contributed by atoms with E-state index >= 15 is 0 Å². The Bertz CT molecular complexity index is 651. The van der Waals surface area contributed by atoms with Crippen molar-refractivity contribution < 1.29 is 13.6 Å². The molecule has 1 aliphatic rings. The van der Waals surface area contributed by atoms with Crippen LogP contribution < -0.4 is 10.2 Å². The zero-order chi connectivity index (χ0) is 14.9. The number of aromatic nitrogens is 2. The van der Waals surface area contributed by atoms with Gasteiger partial charge in [0.2, 0.25) is 11.6 Å². The predicted octanol–water partition coefficient (Wildman–Crippen LogP) is 2.23. The number of carbonyl (C=O) groups excluding carboxylic acids is 1. The van der Waals surface area contributed by atoms with E-state index in [1.165, 1.54) is 29.7 Å². The smallest absolute Gasteiger partial charge is 0.265 e. The van der Waals surface area contributed by atoms with Gasteiger partial charge in [-0.25, -0.2) is 14.4 Å². The molecule has 1 fully saturated rings. The van der Waals surface area contributed by atoms with Gasteiger partial charge < -0.3 is 4.90 Å². The van der Waals surface area contributed by atoms with Crippen LogP contribution in [0, 0.1) is 5.95 Å². The molecule has 0 aromatic carbocycles. The van der Waals surface area contributed by atoms with Gasteiger partial charge in [-0.3, -0.25) is 10.1 Å². The van der Waals surface area contributed by atoms with Gasteiger partial charge in [0.1, 0.15) is 5.82 Å². The lowest BCUT2D eigenvalue weighted by Gasteiger charge is -2.20. The lowest BCUT2D eigenvalue weighted by molar-refractivity contribution is -0.126. The maximum atomic E-state index is 14.7. The molecule has 1 saturated heterocycles. The van der Waals surface area contributed by atoms with Crippen LogP contribution in [0.4, 0.5) is 19.7 Å². The first kappa shape index (κ1) is 13.9. The number of pyridine rings is 1. The van der Waals surface area contributed by atoms with Gasteiger partial charge >= 0.3 is 0 Å². The van der Waals surface area contributed by atoms with Gasteiger partial charge in [0.05, 0.1) is 6.54 Å². The van der Waals surface area contributed by atoms with E-state index in [1.54, 1.807) is 16.3 Å². The van der Waals surface area contributed by atoms with Crippen LogP contribution in [0.5, 0.6) is 0 Å². The predicted molar refractivity (Wildman–Crippen MR) is 75.6 cm³/mol. The van der Waals surface area contributed by atoms with E-state index in [0.29, 0.717) is 17.5 Å². The molecule has 8 heteroatoms. The van der Waals surface area contributed by atoms with E-state index in [1.807, 2.05) is 0 Å². The fraction of sp³-hybridized carbons (Fsp3) is 0.308. The monoisotopic (exact) mass is 310 g/mol. The van der Waals surface area contributed by atoms with Crippen LogP contribution >= 0.6 is 11.3 Å². The van der Waals surface area contributed by atoms with Crippen molar-refractivity contribution in [2.75, 3.05) is 23.3 Å². The van der Waals surface area contributed by atoms with Gasteiger partial charge in [0.25, 0.3) is 5.91 Å². The number of halogens is 2. The second kappa shape index (κ2) is 5.36. The van der Waals surface area contributed by atoms with Crippen LogP contribution in [0.15, 0.2) is 29.8 Å². The molecule has 0 bridgehead atoms. The quantitative estimate of drug-likeness (QED) is 0.883. The van der Waals surface area contributed by atoms with E-state index in [2.05, 4.69) is 15.3 Å². The van der Waals surface area contributed by atoms with Gasteiger partial charge in [0, 0.05) is 24.5 Å². The van der Waals surface area contributed by atoms with Crippen LogP contribution in [0.3, 0.4) is 0 Å². The van der Waals surface area contributed by atoms with Crippen LogP contribution in [0.2, 0.25) is 0 Å². The Hall–Kier alpha value is -2.09. The Labute approximate surface area is 123 Å². The average molecular weight is 310 g/mol.